The molecule has 0 unspecified atom stereocenters. The molecule has 0 saturated heterocycles. The molecular formula is C19H23F4NO7. The van der Waals surface area contributed by atoms with Crippen molar-refractivity contribution in [2.45, 2.75) is 59.0 Å². The third-order valence-corrected chi connectivity index (χ3v) is 3.38. The Kier molecular flexibility index (Phi) is 9.53. The fourth-order valence-corrected chi connectivity index (χ4v) is 2.27. The molecule has 0 bridgehead atoms. The van der Waals surface area contributed by atoms with Gasteiger partial charge in [-0.3, -0.25) is 9.59 Å². The standard InChI is InChI=1S/C19H23F4NO7/c1-10(25)28-9-13(26)12(24-18(27)31-19(2,3)4)7-11-5-6-14(29-16(20)21)15(8-11)30-17(22)23/h5-6,8,12,16-17H,7,9H2,1-4H3,(H,24,27)/t12-/m0/s1. The Labute approximate surface area is 175 Å². The molecule has 0 heterocycles. The molecule has 31 heavy (non-hydrogen) atoms. The van der Waals surface area contributed by atoms with Crippen molar-refractivity contribution in [1.82, 2.24) is 5.32 Å². The first-order valence-electron chi connectivity index (χ1n) is 8.95. The molecule has 0 saturated carbocycles. The molecule has 12 heteroatoms. The number of ketones is 1. The smallest absolute Gasteiger partial charge is 0.408 e. The molecule has 1 aromatic carbocycles. The summed E-state index contributed by atoms with van der Waals surface area (Å²) < 4.78 is 68.2. The van der Waals surface area contributed by atoms with Crippen LogP contribution in [0, 0.1) is 0 Å². The molecule has 1 rings (SSSR count). The Balaban J connectivity index is 3.11. The number of amides is 1. The van der Waals surface area contributed by atoms with Crippen LogP contribution in [0.5, 0.6) is 11.5 Å². The van der Waals surface area contributed by atoms with Gasteiger partial charge in [-0.1, -0.05) is 6.07 Å². The summed E-state index contributed by atoms with van der Waals surface area (Å²) in [6, 6.07) is 1.86. The van der Waals surface area contributed by atoms with E-state index in [1.54, 1.807) is 20.8 Å². The molecule has 174 valence electrons. The molecule has 8 nitrogen and oxygen atoms in total. The summed E-state index contributed by atoms with van der Waals surface area (Å²) in [5.41, 5.74) is -0.713. The van der Waals surface area contributed by atoms with Crippen molar-refractivity contribution in [3.63, 3.8) is 0 Å². The van der Waals surface area contributed by atoms with Crippen LogP contribution in [-0.2, 0) is 25.5 Å². The third-order valence-electron chi connectivity index (χ3n) is 3.38. The normalized spacial score (nSPS) is 12.3. The lowest BCUT2D eigenvalue weighted by atomic mass is 10.0. The Morgan fingerprint density at radius 1 is 1.00 bits per heavy atom. The van der Waals surface area contributed by atoms with Crippen molar-refractivity contribution in [2.24, 2.45) is 0 Å². The number of halogens is 4. The molecule has 1 aromatic rings. The van der Waals surface area contributed by atoms with Gasteiger partial charge in [0.1, 0.15) is 5.60 Å². The SMILES string of the molecule is CC(=O)OCC(=O)[C@H](Cc1ccc(OC(F)F)c(OC(F)F)c1)NC(=O)OC(C)(C)C. The summed E-state index contributed by atoms with van der Waals surface area (Å²) in [5.74, 6) is -2.77. The second-order valence-corrected chi connectivity index (χ2v) is 7.19. The summed E-state index contributed by atoms with van der Waals surface area (Å²) in [4.78, 5) is 35.4. The number of nitrogens with one attached hydrogen (secondary N) is 1. The number of alkyl halides is 4. The Hall–Kier alpha value is -3.05. The predicted molar refractivity (Wildman–Crippen MR) is 98.2 cm³/mol. The van der Waals surface area contributed by atoms with Crippen molar-refractivity contribution >= 4 is 17.8 Å². The maximum Gasteiger partial charge on any atom is 0.408 e. The highest BCUT2D eigenvalue weighted by molar-refractivity contribution is 5.89. The van der Waals surface area contributed by atoms with Crippen LogP contribution in [0.3, 0.4) is 0 Å². The number of esters is 1. The van der Waals surface area contributed by atoms with E-state index in [9.17, 15) is 31.9 Å². The minimum absolute atomic E-state index is 0.162. The topological polar surface area (TPSA) is 100 Å². The van der Waals surface area contributed by atoms with Crippen molar-refractivity contribution in [1.29, 1.82) is 0 Å². The monoisotopic (exact) mass is 453 g/mol. The average Bonchev–Trinajstić information content (AvgIpc) is 2.58. The number of alkyl carbamates (subject to hydrolysis) is 1. The summed E-state index contributed by atoms with van der Waals surface area (Å²) >= 11 is 0. The van der Waals surface area contributed by atoms with E-state index in [1.165, 1.54) is 6.07 Å². The number of rotatable bonds is 10. The molecule has 0 spiro atoms. The van der Waals surface area contributed by atoms with E-state index in [-0.39, 0.29) is 12.0 Å². The molecule has 1 N–H and O–H groups in total. The van der Waals surface area contributed by atoms with Crippen LogP contribution in [0.4, 0.5) is 22.4 Å². The fourth-order valence-electron chi connectivity index (χ4n) is 2.27. The summed E-state index contributed by atoms with van der Waals surface area (Å²) in [7, 11) is 0. The van der Waals surface area contributed by atoms with Crippen molar-refractivity contribution < 1.29 is 50.9 Å². The number of carbonyl (C=O) groups is 3. The van der Waals surface area contributed by atoms with Gasteiger partial charge in [0.25, 0.3) is 0 Å². The summed E-state index contributed by atoms with van der Waals surface area (Å²) in [5, 5.41) is 2.31. The zero-order chi connectivity index (χ0) is 23.8. The highest BCUT2D eigenvalue weighted by Gasteiger charge is 2.26. The first-order chi connectivity index (χ1) is 14.3. The second kappa shape index (κ2) is 11.4. The van der Waals surface area contributed by atoms with E-state index in [1.807, 2.05) is 0 Å². The number of carbonyl (C=O) groups excluding carboxylic acids is 3. The molecule has 0 fully saturated rings. The van der Waals surface area contributed by atoms with Crippen LogP contribution in [0.2, 0.25) is 0 Å². The second-order valence-electron chi connectivity index (χ2n) is 7.19. The van der Waals surface area contributed by atoms with E-state index in [4.69, 9.17) is 4.74 Å². The Morgan fingerprint density at radius 2 is 1.58 bits per heavy atom. The minimum atomic E-state index is -3.32. The van der Waals surface area contributed by atoms with Crippen LogP contribution in [0.25, 0.3) is 0 Å². The van der Waals surface area contributed by atoms with Crippen LogP contribution >= 0.6 is 0 Å². The largest absolute Gasteiger partial charge is 0.458 e. The predicted octanol–water partition coefficient (Wildman–Crippen LogP) is 3.46. The van der Waals surface area contributed by atoms with Gasteiger partial charge in [-0.15, -0.1) is 0 Å². The maximum absolute atomic E-state index is 12.6. The number of hydrogen-bond donors (Lipinski definition) is 1. The number of benzene rings is 1. The summed E-state index contributed by atoms with van der Waals surface area (Å²) in [6.07, 6.45) is -1.22. The van der Waals surface area contributed by atoms with Gasteiger partial charge in [-0.25, -0.2) is 4.79 Å². The van der Waals surface area contributed by atoms with Gasteiger partial charge in [-0.05, 0) is 38.5 Å². The highest BCUT2D eigenvalue weighted by Crippen LogP contribution is 2.31. The van der Waals surface area contributed by atoms with Crippen molar-refractivity contribution in [2.75, 3.05) is 6.61 Å². The molecule has 0 aromatic heterocycles. The van der Waals surface area contributed by atoms with Gasteiger partial charge in [0.15, 0.2) is 23.9 Å². The molecule has 1 amide bonds. The van der Waals surface area contributed by atoms with Gasteiger partial charge in [0.2, 0.25) is 0 Å². The highest BCUT2D eigenvalue weighted by atomic mass is 19.3. The summed E-state index contributed by atoms with van der Waals surface area (Å²) in [6.45, 7) is -1.40. The number of hydrogen-bond acceptors (Lipinski definition) is 7. The van der Waals surface area contributed by atoms with Gasteiger partial charge < -0.3 is 24.3 Å². The molecule has 0 aliphatic carbocycles. The zero-order valence-electron chi connectivity index (χ0n) is 17.2. The third kappa shape index (κ3) is 10.5. The quantitative estimate of drug-likeness (QED) is 0.428. The van der Waals surface area contributed by atoms with E-state index >= 15 is 0 Å². The lowest BCUT2D eigenvalue weighted by molar-refractivity contribution is -0.146. The first kappa shape index (κ1) is 26.0. The number of ether oxygens (including phenoxy) is 4. The van der Waals surface area contributed by atoms with Crippen LogP contribution in [0.1, 0.15) is 33.3 Å². The van der Waals surface area contributed by atoms with Crippen LogP contribution in [0.15, 0.2) is 18.2 Å². The van der Waals surface area contributed by atoms with E-state index in [0.29, 0.717) is 0 Å². The van der Waals surface area contributed by atoms with E-state index < -0.39 is 60.8 Å². The Bertz CT molecular complexity index is 781. The Morgan fingerprint density at radius 3 is 2.10 bits per heavy atom. The molecule has 0 aliphatic rings. The van der Waals surface area contributed by atoms with Crippen molar-refractivity contribution in [3.8, 4) is 11.5 Å². The number of Topliss-reactive ketones (excluding diaryl/α,β-unsaturated/α-hetero) is 1. The van der Waals surface area contributed by atoms with Crippen molar-refractivity contribution in [3.05, 3.63) is 23.8 Å². The maximum atomic E-state index is 12.6. The van der Waals surface area contributed by atoms with Gasteiger partial charge in [0.05, 0.1) is 6.04 Å². The molecule has 0 radical (unpaired) electrons. The molecule has 1 atom stereocenters. The average molecular weight is 453 g/mol. The molecular weight excluding hydrogens is 430 g/mol. The molecule has 0 aliphatic heterocycles. The van der Waals surface area contributed by atoms with Crippen LogP contribution in [-0.4, -0.2) is 49.3 Å². The van der Waals surface area contributed by atoms with E-state index in [0.717, 1.165) is 19.1 Å². The first-order valence-corrected chi connectivity index (χ1v) is 8.95. The van der Waals surface area contributed by atoms with Gasteiger partial charge >= 0.3 is 25.3 Å². The fraction of sp³-hybridized carbons (Fsp3) is 0.526. The minimum Gasteiger partial charge on any atom is -0.458 e. The van der Waals surface area contributed by atoms with Gasteiger partial charge in [-0.2, -0.15) is 17.6 Å². The lowest BCUT2D eigenvalue weighted by Crippen LogP contribution is -2.46. The lowest BCUT2D eigenvalue weighted by Gasteiger charge is -2.23. The van der Waals surface area contributed by atoms with E-state index in [2.05, 4.69) is 19.5 Å². The van der Waals surface area contributed by atoms with Crippen LogP contribution < -0.4 is 14.8 Å². The van der Waals surface area contributed by atoms with Gasteiger partial charge in [0, 0.05) is 13.3 Å². The zero-order valence-corrected chi connectivity index (χ0v) is 17.2.